The third-order valence-electron chi connectivity index (χ3n) is 3.21. The third-order valence-corrected chi connectivity index (χ3v) is 4.28. The van der Waals surface area contributed by atoms with Crippen molar-refractivity contribution in [2.75, 3.05) is 5.75 Å². The van der Waals surface area contributed by atoms with E-state index < -0.39 is 5.97 Å². The molecular weight excluding hydrogens is 252 g/mol. The summed E-state index contributed by atoms with van der Waals surface area (Å²) >= 11 is 1.18. The maximum Gasteiger partial charge on any atom is 0.313 e. The van der Waals surface area contributed by atoms with Gasteiger partial charge in [0.05, 0.1) is 23.1 Å². The number of nitrogens with zero attached hydrogens (tertiary/aromatic N) is 2. The molecule has 0 atom stereocenters. The summed E-state index contributed by atoms with van der Waals surface area (Å²) < 4.78 is 1.86. The Hall–Kier alpha value is -1.30. The van der Waals surface area contributed by atoms with E-state index in [4.69, 9.17) is 5.11 Å². The first-order chi connectivity index (χ1) is 8.63. The zero-order chi connectivity index (χ0) is 13.1. The maximum atomic E-state index is 11.1. The van der Waals surface area contributed by atoms with Gasteiger partial charge in [-0.3, -0.25) is 14.3 Å². The van der Waals surface area contributed by atoms with Crippen LogP contribution in [0.2, 0.25) is 0 Å². The van der Waals surface area contributed by atoms with Gasteiger partial charge in [0, 0.05) is 0 Å². The van der Waals surface area contributed by atoms with Crippen molar-refractivity contribution < 1.29 is 14.7 Å². The van der Waals surface area contributed by atoms with E-state index in [0.717, 1.165) is 19.1 Å². The first-order valence-electron chi connectivity index (χ1n) is 6.02. The predicted octanol–water partition coefficient (Wildman–Crippen LogP) is 2.30. The second-order valence-corrected chi connectivity index (χ2v) is 5.45. The number of aryl methyl sites for hydroxylation is 1. The lowest BCUT2D eigenvalue weighted by Gasteiger charge is -2.13. The standard InChI is InChI=1S/C12H16N2O3S/c1-8-10(6-15)12(18-7-11(16)17)14(13-8)9-4-2-3-5-9/h6,9H,2-5,7H2,1H3,(H,16,17). The van der Waals surface area contributed by atoms with Crippen molar-refractivity contribution in [1.82, 2.24) is 9.78 Å². The molecule has 0 aromatic carbocycles. The van der Waals surface area contributed by atoms with Gasteiger partial charge in [-0.2, -0.15) is 5.10 Å². The Morgan fingerprint density at radius 1 is 1.56 bits per heavy atom. The molecule has 1 N–H and O–H groups in total. The number of carboxylic acid groups (broad SMARTS) is 1. The van der Waals surface area contributed by atoms with Crippen molar-refractivity contribution in [1.29, 1.82) is 0 Å². The first kappa shape index (κ1) is 13.1. The number of rotatable bonds is 5. The molecular formula is C12H16N2O3S. The minimum absolute atomic E-state index is 0.0430. The summed E-state index contributed by atoms with van der Waals surface area (Å²) in [7, 11) is 0. The number of carbonyl (C=O) groups excluding carboxylic acids is 1. The zero-order valence-corrected chi connectivity index (χ0v) is 11.1. The van der Waals surface area contributed by atoms with Gasteiger partial charge in [0.15, 0.2) is 6.29 Å². The molecule has 18 heavy (non-hydrogen) atoms. The average molecular weight is 268 g/mol. The van der Waals surface area contributed by atoms with Gasteiger partial charge in [-0.1, -0.05) is 24.6 Å². The molecule has 1 aliphatic rings. The fraction of sp³-hybridized carbons (Fsp3) is 0.583. The molecule has 0 saturated heterocycles. The Bertz CT molecular complexity index is 464. The summed E-state index contributed by atoms with van der Waals surface area (Å²) in [5, 5.41) is 13.9. The van der Waals surface area contributed by atoms with Gasteiger partial charge in [-0.15, -0.1) is 0 Å². The van der Waals surface area contributed by atoms with Crippen LogP contribution < -0.4 is 0 Å². The van der Waals surface area contributed by atoms with Crippen LogP contribution in [0.3, 0.4) is 0 Å². The van der Waals surface area contributed by atoms with Crippen molar-refractivity contribution in [2.24, 2.45) is 0 Å². The lowest BCUT2D eigenvalue weighted by molar-refractivity contribution is -0.133. The predicted molar refractivity (Wildman–Crippen MR) is 68.2 cm³/mol. The SMILES string of the molecule is Cc1nn(C2CCCC2)c(SCC(=O)O)c1C=O. The van der Waals surface area contributed by atoms with Crippen molar-refractivity contribution in [2.45, 2.75) is 43.7 Å². The molecule has 1 fully saturated rings. The van der Waals surface area contributed by atoms with Gasteiger partial charge in [0.2, 0.25) is 0 Å². The van der Waals surface area contributed by atoms with E-state index in [2.05, 4.69) is 5.10 Å². The van der Waals surface area contributed by atoms with Crippen molar-refractivity contribution in [3.63, 3.8) is 0 Å². The van der Waals surface area contributed by atoms with Crippen LogP contribution in [0.15, 0.2) is 5.03 Å². The van der Waals surface area contributed by atoms with Crippen LogP contribution in [0, 0.1) is 6.92 Å². The number of aldehydes is 1. The van der Waals surface area contributed by atoms with Gasteiger partial charge in [-0.25, -0.2) is 0 Å². The highest BCUT2D eigenvalue weighted by atomic mass is 32.2. The van der Waals surface area contributed by atoms with E-state index in [1.54, 1.807) is 6.92 Å². The molecule has 5 nitrogen and oxygen atoms in total. The fourth-order valence-corrected chi connectivity index (χ4v) is 3.28. The number of carbonyl (C=O) groups is 2. The van der Waals surface area contributed by atoms with Gasteiger partial charge in [0.25, 0.3) is 0 Å². The normalized spacial score (nSPS) is 16.1. The van der Waals surface area contributed by atoms with Crippen molar-refractivity contribution >= 4 is 24.0 Å². The van der Waals surface area contributed by atoms with E-state index in [9.17, 15) is 9.59 Å². The van der Waals surface area contributed by atoms with Crippen LogP contribution in [0.1, 0.15) is 47.8 Å². The van der Waals surface area contributed by atoms with E-state index in [1.165, 1.54) is 24.6 Å². The molecule has 0 spiro atoms. The summed E-state index contributed by atoms with van der Waals surface area (Å²) in [6.45, 7) is 1.79. The smallest absolute Gasteiger partial charge is 0.313 e. The van der Waals surface area contributed by atoms with Crippen molar-refractivity contribution in [3.05, 3.63) is 11.3 Å². The Balaban J connectivity index is 2.31. The summed E-state index contributed by atoms with van der Waals surface area (Å²) in [4.78, 5) is 21.8. The van der Waals surface area contributed by atoms with E-state index in [0.29, 0.717) is 22.3 Å². The van der Waals surface area contributed by atoms with Crippen LogP contribution in [0.5, 0.6) is 0 Å². The van der Waals surface area contributed by atoms with E-state index >= 15 is 0 Å². The Morgan fingerprint density at radius 2 is 2.22 bits per heavy atom. The number of aromatic nitrogens is 2. The van der Waals surface area contributed by atoms with Gasteiger partial charge < -0.3 is 5.11 Å². The van der Waals surface area contributed by atoms with Crippen LogP contribution in [-0.4, -0.2) is 32.9 Å². The first-order valence-corrected chi connectivity index (χ1v) is 7.01. The molecule has 1 heterocycles. The molecule has 98 valence electrons. The minimum Gasteiger partial charge on any atom is -0.481 e. The molecule has 2 rings (SSSR count). The minimum atomic E-state index is -0.881. The highest BCUT2D eigenvalue weighted by Gasteiger charge is 2.24. The molecule has 6 heteroatoms. The molecule has 0 aliphatic heterocycles. The summed E-state index contributed by atoms with van der Waals surface area (Å²) in [5.41, 5.74) is 1.22. The molecule has 0 radical (unpaired) electrons. The monoisotopic (exact) mass is 268 g/mol. The van der Waals surface area contributed by atoms with Gasteiger partial charge in [-0.05, 0) is 19.8 Å². The summed E-state index contributed by atoms with van der Waals surface area (Å²) in [6, 6.07) is 0.314. The number of aliphatic carboxylic acids is 1. The summed E-state index contributed by atoms with van der Waals surface area (Å²) in [5.74, 6) is -0.924. The van der Waals surface area contributed by atoms with E-state index in [1.807, 2.05) is 4.68 Å². The molecule has 0 unspecified atom stereocenters. The highest BCUT2D eigenvalue weighted by molar-refractivity contribution is 8.00. The zero-order valence-electron chi connectivity index (χ0n) is 10.3. The number of thioether (sulfide) groups is 1. The average Bonchev–Trinajstić information content (AvgIpc) is 2.93. The van der Waals surface area contributed by atoms with Crippen LogP contribution in [-0.2, 0) is 4.79 Å². The lowest BCUT2D eigenvalue weighted by atomic mass is 10.2. The summed E-state index contributed by atoms with van der Waals surface area (Å²) in [6.07, 6.45) is 5.23. The van der Waals surface area contributed by atoms with Crippen LogP contribution in [0.4, 0.5) is 0 Å². The molecule has 1 aliphatic carbocycles. The molecule has 1 saturated carbocycles. The quantitative estimate of drug-likeness (QED) is 0.655. The number of hydrogen-bond donors (Lipinski definition) is 1. The second kappa shape index (κ2) is 5.56. The van der Waals surface area contributed by atoms with Gasteiger partial charge >= 0.3 is 5.97 Å². The molecule has 1 aromatic rings. The van der Waals surface area contributed by atoms with Crippen LogP contribution in [0.25, 0.3) is 0 Å². The Morgan fingerprint density at radius 3 is 2.78 bits per heavy atom. The maximum absolute atomic E-state index is 11.1. The fourth-order valence-electron chi connectivity index (χ4n) is 2.35. The second-order valence-electron chi connectivity index (χ2n) is 4.49. The number of hydrogen-bond acceptors (Lipinski definition) is 4. The third kappa shape index (κ3) is 2.58. The molecule has 1 aromatic heterocycles. The van der Waals surface area contributed by atoms with Crippen LogP contribution >= 0.6 is 11.8 Å². The Kier molecular flexibility index (Phi) is 4.06. The molecule has 0 bridgehead atoms. The largest absolute Gasteiger partial charge is 0.481 e. The topological polar surface area (TPSA) is 72.2 Å². The molecule has 0 amide bonds. The Labute approximate surface area is 110 Å². The van der Waals surface area contributed by atoms with Gasteiger partial charge in [0.1, 0.15) is 5.03 Å². The number of carboxylic acids is 1. The highest BCUT2D eigenvalue weighted by Crippen LogP contribution is 2.35. The van der Waals surface area contributed by atoms with E-state index in [-0.39, 0.29) is 5.75 Å². The lowest BCUT2D eigenvalue weighted by Crippen LogP contribution is -2.09. The van der Waals surface area contributed by atoms with Crippen molar-refractivity contribution in [3.8, 4) is 0 Å².